The van der Waals surface area contributed by atoms with E-state index in [1.54, 1.807) is 13.0 Å². The number of hydrogen-bond acceptors (Lipinski definition) is 3. The Morgan fingerprint density at radius 3 is 2.65 bits per heavy atom. The molecule has 1 aromatic rings. The van der Waals surface area contributed by atoms with Gasteiger partial charge in [0.2, 0.25) is 0 Å². The van der Waals surface area contributed by atoms with E-state index in [0.29, 0.717) is 5.33 Å². The molecule has 1 aromatic carbocycles. The molecule has 17 heavy (non-hydrogen) atoms. The Kier molecular flexibility index (Phi) is 5.39. The topological polar surface area (TPSA) is 43.4 Å². The SMILES string of the molecule is CCS(=O)(=O)CCOc1ccc(CBr)cc1F. The Labute approximate surface area is 109 Å². The van der Waals surface area contributed by atoms with Crippen molar-refractivity contribution >= 4 is 25.8 Å². The molecule has 0 bridgehead atoms. The third-order valence-corrected chi connectivity index (χ3v) is 4.56. The van der Waals surface area contributed by atoms with Crippen LogP contribution in [0.1, 0.15) is 12.5 Å². The van der Waals surface area contributed by atoms with Crippen LogP contribution >= 0.6 is 15.9 Å². The molecule has 3 nitrogen and oxygen atoms in total. The second kappa shape index (κ2) is 6.35. The maximum absolute atomic E-state index is 13.4. The van der Waals surface area contributed by atoms with Gasteiger partial charge in [-0.25, -0.2) is 12.8 Å². The van der Waals surface area contributed by atoms with Crippen LogP contribution in [0.3, 0.4) is 0 Å². The van der Waals surface area contributed by atoms with Crippen molar-refractivity contribution in [1.29, 1.82) is 0 Å². The molecule has 0 spiro atoms. The smallest absolute Gasteiger partial charge is 0.165 e. The number of benzene rings is 1. The predicted molar refractivity (Wildman–Crippen MR) is 68.9 cm³/mol. The van der Waals surface area contributed by atoms with E-state index in [9.17, 15) is 12.8 Å². The van der Waals surface area contributed by atoms with Gasteiger partial charge in [0.1, 0.15) is 6.61 Å². The van der Waals surface area contributed by atoms with Gasteiger partial charge < -0.3 is 4.74 Å². The van der Waals surface area contributed by atoms with E-state index in [0.717, 1.165) is 5.56 Å². The summed E-state index contributed by atoms with van der Waals surface area (Å²) in [5, 5.41) is 0.564. The van der Waals surface area contributed by atoms with Crippen molar-refractivity contribution in [2.24, 2.45) is 0 Å². The van der Waals surface area contributed by atoms with E-state index >= 15 is 0 Å². The van der Waals surface area contributed by atoms with E-state index in [-0.39, 0.29) is 23.9 Å². The van der Waals surface area contributed by atoms with Crippen molar-refractivity contribution in [3.63, 3.8) is 0 Å². The second-order valence-electron chi connectivity index (χ2n) is 3.48. The van der Waals surface area contributed by atoms with Crippen LogP contribution in [-0.4, -0.2) is 26.5 Å². The lowest BCUT2D eigenvalue weighted by Crippen LogP contribution is -2.15. The first-order valence-electron chi connectivity index (χ1n) is 5.16. The first kappa shape index (κ1) is 14.4. The van der Waals surface area contributed by atoms with Gasteiger partial charge in [0.25, 0.3) is 0 Å². The van der Waals surface area contributed by atoms with Gasteiger partial charge in [0, 0.05) is 11.1 Å². The predicted octanol–water partition coefficient (Wildman–Crippen LogP) is 2.53. The molecule has 0 aliphatic heterocycles. The van der Waals surface area contributed by atoms with Gasteiger partial charge in [-0.3, -0.25) is 0 Å². The van der Waals surface area contributed by atoms with Crippen molar-refractivity contribution in [3.8, 4) is 5.75 Å². The van der Waals surface area contributed by atoms with Gasteiger partial charge in [0.05, 0.1) is 5.75 Å². The van der Waals surface area contributed by atoms with Crippen molar-refractivity contribution in [2.45, 2.75) is 12.3 Å². The molecule has 0 unspecified atom stereocenters. The standard InChI is InChI=1S/C11H14BrFO3S/c1-2-17(14,15)6-5-16-11-4-3-9(8-12)7-10(11)13/h3-4,7H,2,5-6,8H2,1H3. The van der Waals surface area contributed by atoms with Crippen molar-refractivity contribution in [2.75, 3.05) is 18.1 Å². The molecule has 0 aliphatic rings. The van der Waals surface area contributed by atoms with Crippen LogP contribution in [0.2, 0.25) is 0 Å². The molecular weight excluding hydrogens is 311 g/mol. The molecule has 0 fully saturated rings. The van der Waals surface area contributed by atoms with Gasteiger partial charge in [-0.2, -0.15) is 0 Å². The number of rotatable bonds is 6. The van der Waals surface area contributed by atoms with Gasteiger partial charge >= 0.3 is 0 Å². The zero-order valence-corrected chi connectivity index (χ0v) is 11.9. The van der Waals surface area contributed by atoms with Crippen LogP contribution in [0.4, 0.5) is 4.39 Å². The third-order valence-electron chi connectivity index (χ3n) is 2.24. The van der Waals surface area contributed by atoms with Crippen molar-refractivity contribution in [1.82, 2.24) is 0 Å². The fourth-order valence-electron chi connectivity index (χ4n) is 1.17. The molecule has 0 aliphatic carbocycles. The summed E-state index contributed by atoms with van der Waals surface area (Å²) < 4.78 is 40.9. The molecule has 0 aromatic heterocycles. The monoisotopic (exact) mass is 324 g/mol. The molecule has 0 heterocycles. The molecule has 1 rings (SSSR count). The summed E-state index contributed by atoms with van der Waals surface area (Å²) >= 11 is 3.22. The van der Waals surface area contributed by atoms with Crippen LogP contribution < -0.4 is 4.74 Å². The Bertz CT molecular complexity index is 474. The number of ether oxygens (including phenoxy) is 1. The van der Waals surface area contributed by atoms with Crippen LogP contribution in [0.25, 0.3) is 0 Å². The zero-order chi connectivity index (χ0) is 12.9. The van der Waals surface area contributed by atoms with Gasteiger partial charge in [-0.15, -0.1) is 0 Å². The Hall–Kier alpha value is -0.620. The highest BCUT2D eigenvalue weighted by Crippen LogP contribution is 2.19. The normalized spacial score (nSPS) is 11.5. The van der Waals surface area contributed by atoms with E-state index in [4.69, 9.17) is 4.74 Å². The summed E-state index contributed by atoms with van der Waals surface area (Å²) in [5.74, 6) is -0.415. The Morgan fingerprint density at radius 1 is 1.41 bits per heavy atom. The highest BCUT2D eigenvalue weighted by molar-refractivity contribution is 9.08. The van der Waals surface area contributed by atoms with Crippen LogP contribution in [0.15, 0.2) is 18.2 Å². The number of alkyl halides is 1. The zero-order valence-electron chi connectivity index (χ0n) is 9.45. The van der Waals surface area contributed by atoms with Gasteiger partial charge in [0.15, 0.2) is 21.4 Å². The van der Waals surface area contributed by atoms with Gasteiger partial charge in [-0.05, 0) is 17.7 Å². The van der Waals surface area contributed by atoms with E-state index < -0.39 is 15.7 Å². The maximum atomic E-state index is 13.4. The minimum Gasteiger partial charge on any atom is -0.489 e. The maximum Gasteiger partial charge on any atom is 0.165 e. The molecule has 0 saturated carbocycles. The van der Waals surface area contributed by atoms with Crippen LogP contribution in [0.5, 0.6) is 5.75 Å². The number of sulfone groups is 1. The molecular formula is C11H14BrFO3S. The lowest BCUT2D eigenvalue weighted by Gasteiger charge is -2.07. The minimum absolute atomic E-state index is 0.0270. The van der Waals surface area contributed by atoms with Crippen LogP contribution in [0, 0.1) is 5.82 Å². The molecule has 0 atom stereocenters. The lowest BCUT2D eigenvalue weighted by molar-refractivity contribution is 0.322. The van der Waals surface area contributed by atoms with Gasteiger partial charge in [-0.1, -0.05) is 28.9 Å². The molecule has 6 heteroatoms. The summed E-state index contributed by atoms with van der Waals surface area (Å²) in [5.41, 5.74) is 0.802. The van der Waals surface area contributed by atoms with Crippen molar-refractivity contribution in [3.05, 3.63) is 29.6 Å². The molecule has 0 amide bonds. The molecule has 0 saturated heterocycles. The quantitative estimate of drug-likeness (QED) is 0.755. The molecule has 96 valence electrons. The lowest BCUT2D eigenvalue weighted by atomic mass is 10.2. The average molecular weight is 325 g/mol. The largest absolute Gasteiger partial charge is 0.489 e. The molecule has 0 radical (unpaired) electrons. The number of hydrogen-bond donors (Lipinski definition) is 0. The fraction of sp³-hybridized carbons (Fsp3) is 0.455. The average Bonchev–Trinajstić information content (AvgIpc) is 2.31. The fourth-order valence-corrected chi connectivity index (χ4v) is 2.14. The Balaban J connectivity index is 2.58. The summed E-state index contributed by atoms with van der Waals surface area (Å²) in [6, 6.07) is 4.59. The number of halogens is 2. The van der Waals surface area contributed by atoms with Crippen LogP contribution in [-0.2, 0) is 15.2 Å². The van der Waals surface area contributed by atoms with E-state index in [2.05, 4.69) is 15.9 Å². The summed E-state index contributed by atoms with van der Waals surface area (Å²) in [6.45, 7) is 1.54. The third kappa shape index (κ3) is 4.63. The summed E-state index contributed by atoms with van der Waals surface area (Å²) in [7, 11) is -3.07. The van der Waals surface area contributed by atoms with Crippen molar-refractivity contribution < 1.29 is 17.5 Å². The molecule has 0 N–H and O–H groups in total. The summed E-state index contributed by atoms with van der Waals surface area (Å²) in [6.07, 6.45) is 0. The Morgan fingerprint density at radius 2 is 2.12 bits per heavy atom. The highest BCUT2D eigenvalue weighted by atomic mass is 79.9. The highest BCUT2D eigenvalue weighted by Gasteiger charge is 2.09. The van der Waals surface area contributed by atoms with E-state index in [1.165, 1.54) is 12.1 Å². The first-order valence-corrected chi connectivity index (χ1v) is 8.10. The second-order valence-corrected chi connectivity index (χ2v) is 6.52. The minimum atomic E-state index is -3.07. The van der Waals surface area contributed by atoms with E-state index in [1.807, 2.05) is 0 Å². The summed E-state index contributed by atoms with van der Waals surface area (Å²) in [4.78, 5) is 0. The first-order chi connectivity index (χ1) is 7.98.